The maximum Gasteiger partial charge on any atom is 0.0234 e. The second-order valence-electron chi connectivity index (χ2n) is 4.75. The summed E-state index contributed by atoms with van der Waals surface area (Å²) in [6.45, 7) is 6.23. The smallest absolute Gasteiger partial charge is 0.0234 e. The van der Waals surface area contributed by atoms with Crippen molar-refractivity contribution in [2.45, 2.75) is 31.0 Å². The molecule has 0 atom stereocenters. The Morgan fingerprint density at radius 3 is 2.65 bits per heavy atom. The van der Waals surface area contributed by atoms with Gasteiger partial charge < -0.3 is 5.32 Å². The number of hydrogen-bond donors (Lipinski definition) is 1. The molecular weight excluding hydrogens is 330 g/mol. The van der Waals surface area contributed by atoms with Crippen LogP contribution in [0.3, 0.4) is 0 Å². The summed E-state index contributed by atoms with van der Waals surface area (Å²) in [4.78, 5) is 1.36. The molecule has 106 valence electrons. The van der Waals surface area contributed by atoms with Crippen LogP contribution in [-0.2, 0) is 12.3 Å². The number of thioether (sulfide) groups is 1. The minimum atomic E-state index is 0.923. The zero-order valence-electron chi connectivity index (χ0n) is 11.9. The van der Waals surface area contributed by atoms with Crippen LogP contribution in [0.25, 0.3) is 0 Å². The first-order valence-electron chi connectivity index (χ1n) is 6.87. The summed E-state index contributed by atoms with van der Waals surface area (Å²) in [6, 6.07) is 15.1. The third-order valence-electron chi connectivity index (χ3n) is 3.23. The standard InChI is InChI=1S/C17H20BrNS/c1-3-19-11-15-10-16(18)8-9-17(15)20-12-14-7-5-4-6-13(14)2/h4-10,19H,3,11-12H2,1-2H3. The van der Waals surface area contributed by atoms with Crippen LogP contribution < -0.4 is 5.32 Å². The highest BCUT2D eigenvalue weighted by molar-refractivity contribution is 9.10. The Morgan fingerprint density at radius 1 is 1.10 bits per heavy atom. The summed E-state index contributed by atoms with van der Waals surface area (Å²) in [6.07, 6.45) is 0. The molecular formula is C17H20BrNS. The van der Waals surface area contributed by atoms with Crippen molar-refractivity contribution in [3.05, 3.63) is 63.6 Å². The summed E-state index contributed by atoms with van der Waals surface area (Å²) < 4.78 is 1.14. The van der Waals surface area contributed by atoms with Gasteiger partial charge in [0, 0.05) is 21.7 Å². The fourth-order valence-electron chi connectivity index (χ4n) is 2.01. The lowest BCUT2D eigenvalue weighted by Gasteiger charge is -2.11. The predicted molar refractivity (Wildman–Crippen MR) is 92.3 cm³/mol. The summed E-state index contributed by atoms with van der Waals surface area (Å²) in [7, 11) is 0. The first-order chi connectivity index (χ1) is 9.70. The largest absolute Gasteiger partial charge is 0.313 e. The highest BCUT2D eigenvalue weighted by Gasteiger charge is 2.05. The third-order valence-corrected chi connectivity index (χ3v) is 4.89. The molecule has 1 N–H and O–H groups in total. The van der Waals surface area contributed by atoms with Crippen LogP contribution in [0.5, 0.6) is 0 Å². The Balaban J connectivity index is 2.10. The fraction of sp³-hybridized carbons (Fsp3) is 0.294. The van der Waals surface area contributed by atoms with Crippen LogP contribution in [0.4, 0.5) is 0 Å². The number of halogens is 1. The van der Waals surface area contributed by atoms with E-state index >= 15 is 0 Å². The second-order valence-corrected chi connectivity index (χ2v) is 6.68. The van der Waals surface area contributed by atoms with Gasteiger partial charge in [-0.2, -0.15) is 0 Å². The number of rotatable bonds is 6. The van der Waals surface area contributed by atoms with Gasteiger partial charge >= 0.3 is 0 Å². The molecule has 0 radical (unpaired) electrons. The molecule has 0 saturated carbocycles. The maximum absolute atomic E-state index is 3.56. The lowest BCUT2D eigenvalue weighted by atomic mass is 10.1. The number of hydrogen-bond acceptors (Lipinski definition) is 2. The molecule has 2 aromatic rings. The minimum absolute atomic E-state index is 0.923. The average Bonchev–Trinajstić information content (AvgIpc) is 2.45. The monoisotopic (exact) mass is 349 g/mol. The van der Waals surface area contributed by atoms with Gasteiger partial charge in [-0.15, -0.1) is 11.8 Å². The van der Waals surface area contributed by atoms with Crippen LogP contribution >= 0.6 is 27.7 Å². The zero-order chi connectivity index (χ0) is 14.4. The van der Waals surface area contributed by atoms with E-state index in [2.05, 4.69) is 77.6 Å². The SMILES string of the molecule is CCNCc1cc(Br)ccc1SCc1ccccc1C. The molecule has 3 heteroatoms. The van der Waals surface area contributed by atoms with Crippen molar-refractivity contribution in [1.82, 2.24) is 5.32 Å². The molecule has 0 heterocycles. The average molecular weight is 350 g/mol. The van der Waals surface area contributed by atoms with Crippen molar-refractivity contribution in [1.29, 1.82) is 0 Å². The Labute approximate surface area is 134 Å². The molecule has 1 nitrogen and oxygen atoms in total. The van der Waals surface area contributed by atoms with Crippen molar-refractivity contribution < 1.29 is 0 Å². The molecule has 0 bridgehead atoms. The van der Waals surface area contributed by atoms with Gasteiger partial charge in [0.1, 0.15) is 0 Å². The van der Waals surface area contributed by atoms with Gasteiger partial charge in [0.05, 0.1) is 0 Å². The Bertz CT molecular complexity index is 569. The van der Waals surface area contributed by atoms with E-state index in [4.69, 9.17) is 0 Å². The normalized spacial score (nSPS) is 10.8. The van der Waals surface area contributed by atoms with Crippen LogP contribution in [0, 0.1) is 6.92 Å². The third kappa shape index (κ3) is 4.37. The first kappa shape index (κ1) is 15.6. The zero-order valence-corrected chi connectivity index (χ0v) is 14.4. The van der Waals surface area contributed by atoms with Crippen molar-refractivity contribution in [2.75, 3.05) is 6.54 Å². The van der Waals surface area contributed by atoms with Crippen molar-refractivity contribution in [3.8, 4) is 0 Å². The van der Waals surface area contributed by atoms with Crippen LogP contribution in [0.15, 0.2) is 51.8 Å². The molecule has 0 fully saturated rings. The predicted octanol–water partition coefficient (Wildman–Crippen LogP) is 5.16. The Hall–Kier alpha value is -0.770. The number of nitrogens with one attached hydrogen (secondary N) is 1. The van der Waals surface area contributed by atoms with Crippen LogP contribution in [-0.4, -0.2) is 6.54 Å². The second kappa shape index (κ2) is 7.87. The van der Waals surface area contributed by atoms with Gasteiger partial charge in [-0.25, -0.2) is 0 Å². The molecule has 0 aliphatic heterocycles. The van der Waals surface area contributed by atoms with Gasteiger partial charge in [-0.3, -0.25) is 0 Å². The summed E-state index contributed by atoms with van der Waals surface area (Å²) in [5.74, 6) is 1.02. The van der Waals surface area contributed by atoms with Gasteiger partial charge in [-0.05, 0) is 48.4 Å². The highest BCUT2D eigenvalue weighted by Crippen LogP contribution is 2.29. The van der Waals surface area contributed by atoms with Crippen molar-refractivity contribution in [3.63, 3.8) is 0 Å². The summed E-state index contributed by atoms with van der Waals surface area (Å²) >= 11 is 5.47. The van der Waals surface area contributed by atoms with Crippen molar-refractivity contribution >= 4 is 27.7 Å². The summed E-state index contributed by atoms with van der Waals surface area (Å²) in [5, 5.41) is 3.41. The van der Waals surface area contributed by atoms with E-state index in [0.29, 0.717) is 0 Å². The van der Waals surface area contributed by atoms with E-state index in [1.54, 1.807) is 0 Å². The van der Waals surface area contributed by atoms with Crippen molar-refractivity contribution in [2.24, 2.45) is 0 Å². The van der Waals surface area contributed by atoms with Crippen LogP contribution in [0.2, 0.25) is 0 Å². The molecule has 0 spiro atoms. The lowest BCUT2D eigenvalue weighted by molar-refractivity contribution is 0.717. The number of benzene rings is 2. The molecule has 2 rings (SSSR count). The number of aryl methyl sites for hydroxylation is 1. The Morgan fingerprint density at radius 2 is 1.90 bits per heavy atom. The lowest BCUT2D eigenvalue weighted by Crippen LogP contribution is -2.12. The van der Waals surface area contributed by atoms with E-state index in [-0.39, 0.29) is 0 Å². The topological polar surface area (TPSA) is 12.0 Å². The highest BCUT2D eigenvalue weighted by atomic mass is 79.9. The molecule has 0 aliphatic rings. The van der Waals surface area contributed by atoms with Gasteiger partial charge in [0.25, 0.3) is 0 Å². The Kier molecular flexibility index (Phi) is 6.14. The van der Waals surface area contributed by atoms with E-state index in [0.717, 1.165) is 23.3 Å². The molecule has 0 aromatic heterocycles. The van der Waals surface area contributed by atoms with Crippen LogP contribution in [0.1, 0.15) is 23.6 Å². The molecule has 20 heavy (non-hydrogen) atoms. The van der Waals surface area contributed by atoms with Gasteiger partial charge in [0.15, 0.2) is 0 Å². The molecule has 0 saturated heterocycles. The minimum Gasteiger partial charge on any atom is -0.313 e. The van der Waals surface area contributed by atoms with E-state index < -0.39 is 0 Å². The van der Waals surface area contributed by atoms with Gasteiger partial charge in [0.2, 0.25) is 0 Å². The quantitative estimate of drug-likeness (QED) is 0.723. The van der Waals surface area contributed by atoms with E-state index in [1.165, 1.54) is 21.6 Å². The van der Waals surface area contributed by atoms with Gasteiger partial charge in [-0.1, -0.05) is 47.1 Å². The van der Waals surface area contributed by atoms with E-state index in [9.17, 15) is 0 Å². The summed E-state index contributed by atoms with van der Waals surface area (Å²) in [5.41, 5.74) is 4.14. The molecule has 0 unspecified atom stereocenters. The fourth-order valence-corrected chi connectivity index (χ4v) is 3.54. The molecule has 2 aromatic carbocycles. The molecule has 0 aliphatic carbocycles. The molecule has 0 amide bonds. The first-order valence-corrected chi connectivity index (χ1v) is 8.65. The van der Waals surface area contributed by atoms with E-state index in [1.807, 2.05) is 11.8 Å². The maximum atomic E-state index is 3.56.